The molecule has 17 nitrogen and oxygen atoms in total. The number of phosphoric ester groups is 2. The van der Waals surface area contributed by atoms with Gasteiger partial charge >= 0.3 is 39.5 Å². The van der Waals surface area contributed by atoms with Crippen LogP contribution in [0.5, 0.6) is 0 Å². The van der Waals surface area contributed by atoms with Crippen LogP contribution in [0.3, 0.4) is 0 Å². The molecule has 3 N–H and O–H groups in total. The Hall–Kier alpha value is -4.54. The quantitative estimate of drug-likeness (QED) is 0.0169. The molecule has 19 heteroatoms. The molecule has 5 unspecified atom stereocenters. The van der Waals surface area contributed by atoms with Gasteiger partial charge in [-0.2, -0.15) is 0 Å². The van der Waals surface area contributed by atoms with Crippen molar-refractivity contribution >= 4 is 39.5 Å². The van der Waals surface area contributed by atoms with E-state index in [0.717, 1.165) is 173 Å². The van der Waals surface area contributed by atoms with E-state index in [1.54, 1.807) is 0 Å². The topological polar surface area (TPSA) is 237 Å². The van der Waals surface area contributed by atoms with Gasteiger partial charge in [0.05, 0.1) is 26.4 Å². The van der Waals surface area contributed by atoms with Crippen molar-refractivity contribution in [3.8, 4) is 0 Å². The summed E-state index contributed by atoms with van der Waals surface area (Å²) in [4.78, 5) is 73.1. The number of allylic oxidation sites excluding steroid dienone is 20. The molecule has 0 heterocycles. The van der Waals surface area contributed by atoms with Gasteiger partial charge in [-0.1, -0.05) is 297 Å². The summed E-state index contributed by atoms with van der Waals surface area (Å²) in [6.07, 6.45) is 84.5. The van der Waals surface area contributed by atoms with Crippen molar-refractivity contribution in [3.63, 3.8) is 0 Å². The maximum atomic E-state index is 13.1. The number of carbonyl (C=O) groups excluding carboxylic acids is 4. The Morgan fingerprint density at radius 1 is 0.279 bits per heavy atom. The summed E-state index contributed by atoms with van der Waals surface area (Å²) >= 11 is 0. The summed E-state index contributed by atoms with van der Waals surface area (Å²) < 4.78 is 68.6. The van der Waals surface area contributed by atoms with Crippen LogP contribution >= 0.6 is 15.6 Å². The van der Waals surface area contributed by atoms with E-state index in [1.165, 1.54) is 83.5 Å². The molecule has 0 aromatic carbocycles. The van der Waals surface area contributed by atoms with E-state index in [4.69, 9.17) is 37.0 Å². The Morgan fingerprint density at radius 3 is 0.798 bits per heavy atom. The Balaban J connectivity index is 5.40. The molecule has 0 aliphatic carbocycles. The third-order valence-electron chi connectivity index (χ3n) is 16.9. The van der Waals surface area contributed by atoms with Crippen LogP contribution in [-0.4, -0.2) is 96.7 Å². The summed E-state index contributed by atoms with van der Waals surface area (Å²) in [5.74, 6) is -2.23. The van der Waals surface area contributed by atoms with Crippen LogP contribution in [0, 0.1) is 0 Å². The maximum absolute atomic E-state index is 13.1. The molecule has 0 rings (SSSR count). The molecule has 0 radical (unpaired) electrons. The highest BCUT2D eigenvalue weighted by Gasteiger charge is 2.30. The number of esters is 4. The van der Waals surface area contributed by atoms with E-state index in [9.17, 15) is 43.2 Å². The fourth-order valence-corrected chi connectivity index (χ4v) is 12.3. The van der Waals surface area contributed by atoms with E-state index in [1.807, 2.05) is 0 Å². The molecule has 0 aliphatic rings. The Labute approximate surface area is 632 Å². The first kappa shape index (κ1) is 99.5. The standard InChI is InChI=1S/C85H146O17P2/c1-5-9-13-17-21-25-29-33-37-38-39-40-44-46-50-54-58-62-66-70-83(88)96-76-81(102-85(90)72-68-64-60-56-52-48-43-36-32-28-24-20-16-12-8-4)78-100-104(93,94)98-74-79(86)73-97-103(91,92)99-77-80(101-84(89)71-67-63-59-55-51-47-42-35-31-27-23-19-15-11-7-3)75-95-82(87)69-65-61-57-53-49-45-41-34-30-26-22-18-14-10-6-2/h9-10,13-14,21-23,25-27,33-35,37,39-42,46,50,79-81,86H,5-8,11-12,15-20,24,28-32,36,38,43-45,47-49,51-78H2,1-4H3,(H,91,92)(H,93,94)/b13-9-,14-10-,25-21-,26-22-,27-23-,37-33-,40-39-,41-34-,42-35-,50-46-. The van der Waals surface area contributed by atoms with Crippen LogP contribution in [0.2, 0.25) is 0 Å². The second-order valence-corrected chi connectivity index (χ2v) is 29.9. The lowest BCUT2D eigenvalue weighted by atomic mass is 10.0. The van der Waals surface area contributed by atoms with E-state index in [-0.39, 0.29) is 25.7 Å². The number of carbonyl (C=O) groups is 4. The van der Waals surface area contributed by atoms with Crippen molar-refractivity contribution in [2.45, 2.75) is 354 Å². The normalized spacial score (nSPS) is 14.5. The van der Waals surface area contributed by atoms with Gasteiger partial charge in [0.15, 0.2) is 12.2 Å². The van der Waals surface area contributed by atoms with Gasteiger partial charge in [-0.15, -0.1) is 0 Å². The Morgan fingerprint density at radius 2 is 0.500 bits per heavy atom. The zero-order valence-corrected chi connectivity index (χ0v) is 67.2. The lowest BCUT2D eigenvalue weighted by Gasteiger charge is -2.21. The SMILES string of the molecule is CC/C=C\C/C=C\C/C=C\C/C=C\C/C=C\CCCCCC(=O)OCC(COP(=O)(O)OCC(O)COP(=O)(O)OCC(COC(=O)CCCCCCC/C=C\C/C=C\C/C=C\CC)OC(=O)CCCCCCC/C=C\C/C=C\CCCCC)OC(=O)CCCCCCCCCCCCCCCCC. The second-order valence-electron chi connectivity index (χ2n) is 27.0. The maximum Gasteiger partial charge on any atom is 0.472 e. The Kier molecular flexibility index (Phi) is 73.3. The highest BCUT2D eigenvalue weighted by Crippen LogP contribution is 2.45. The molecule has 0 aromatic heterocycles. The predicted molar refractivity (Wildman–Crippen MR) is 427 cm³/mol. The van der Waals surface area contributed by atoms with Crippen molar-refractivity contribution in [1.29, 1.82) is 0 Å². The lowest BCUT2D eigenvalue weighted by molar-refractivity contribution is -0.161. The number of hydrogen-bond donors (Lipinski definition) is 3. The number of phosphoric acid groups is 2. The third-order valence-corrected chi connectivity index (χ3v) is 18.8. The van der Waals surface area contributed by atoms with Crippen molar-refractivity contribution in [2.24, 2.45) is 0 Å². The number of hydrogen-bond acceptors (Lipinski definition) is 15. The fourth-order valence-electron chi connectivity index (χ4n) is 10.8. The average Bonchev–Trinajstić information content (AvgIpc) is 0.918. The molecule has 0 spiro atoms. The number of ether oxygens (including phenoxy) is 4. The molecule has 0 fully saturated rings. The van der Waals surface area contributed by atoms with Crippen LogP contribution < -0.4 is 0 Å². The summed E-state index contributed by atoms with van der Waals surface area (Å²) in [6, 6.07) is 0. The smallest absolute Gasteiger partial charge is 0.462 e. The molecule has 0 aliphatic heterocycles. The number of unbranched alkanes of at least 4 members (excludes halogenated alkanes) is 30. The molecule has 5 atom stereocenters. The van der Waals surface area contributed by atoms with Crippen LogP contribution in [0.1, 0.15) is 336 Å². The molecular formula is C85H146O17P2. The van der Waals surface area contributed by atoms with Gasteiger partial charge in [-0.3, -0.25) is 37.3 Å². The van der Waals surface area contributed by atoms with E-state index < -0.39 is 97.5 Å². The van der Waals surface area contributed by atoms with E-state index in [0.29, 0.717) is 25.7 Å². The zero-order valence-electron chi connectivity index (χ0n) is 65.4. The minimum atomic E-state index is -4.99. The first-order chi connectivity index (χ1) is 50.7. The molecular weight excluding hydrogens is 1350 g/mol. The Bertz CT molecular complexity index is 2440. The van der Waals surface area contributed by atoms with Crippen LogP contribution in [-0.2, 0) is 65.4 Å². The monoisotopic (exact) mass is 1500 g/mol. The molecule has 104 heavy (non-hydrogen) atoms. The largest absolute Gasteiger partial charge is 0.472 e. The molecule has 0 bridgehead atoms. The number of aliphatic hydroxyl groups is 1. The lowest BCUT2D eigenvalue weighted by Crippen LogP contribution is -2.30. The van der Waals surface area contributed by atoms with Crippen LogP contribution in [0.15, 0.2) is 122 Å². The van der Waals surface area contributed by atoms with Gasteiger partial charge < -0.3 is 33.8 Å². The fraction of sp³-hybridized carbons (Fsp3) is 0.718. The van der Waals surface area contributed by atoms with Crippen molar-refractivity contribution < 1.29 is 80.2 Å². The van der Waals surface area contributed by atoms with Gasteiger partial charge in [0, 0.05) is 25.7 Å². The highest BCUT2D eigenvalue weighted by molar-refractivity contribution is 7.47. The molecule has 0 saturated heterocycles. The molecule has 598 valence electrons. The minimum absolute atomic E-state index is 0.0732. The predicted octanol–water partition coefficient (Wildman–Crippen LogP) is 23.9. The van der Waals surface area contributed by atoms with Gasteiger partial charge in [-0.25, -0.2) is 9.13 Å². The van der Waals surface area contributed by atoms with Crippen molar-refractivity contribution in [1.82, 2.24) is 0 Å². The zero-order chi connectivity index (χ0) is 76.0. The van der Waals surface area contributed by atoms with Crippen molar-refractivity contribution in [3.05, 3.63) is 122 Å². The summed E-state index contributed by atoms with van der Waals surface area (Å²) in [5, 5.41) is 10.6. The average molecular weight is 1500 g/mol. The molecule has 0 saturated carbocycles. The molecule has 0 amide bonds. The van der Waals surface area contributed by atoms with Crippen LogP contribution in [0.4, 0.5) is 0 Å². The number of rotatable bonds is 76. The minimum Gasteiger partial charge on any atom is -0.462 e. The summed E-state index contributed by atoms with van der Waals surface area (Å²) in [7, 11) is -9.98. The second kappa shape index (κ2) is 76.6. The van der Waals surface area contributed by atoms with Gasteiger partial charge in [0.1, 0.15) is 19.3 Å². The van der Waals surface area contributed by atoms with Gasteiger partial charge in [0.25, 0.3) is 0 Å². The first-order valence-electron chi connectivity index (χ1n) is 40.8. The summed E-state index contributed by atoms with van der Waals surface area (Å²) in [5.41, 5.74) is 0. The third kappa shape index (κ3) is 75.7. The first-order valence-corrected chi connectivity index (χ1v) is 43.8. The van der Waals surface area contributed by atoms with E-state index in [2.05, 4.69) is 149 Å². The van der Waals surface area contributed by atoms with Crippen LogP contribution in [0.25, 0.3) is 0 Å². The molecule has 0 aromatic rings. The van der Waals surface area contributed by atoms with Gasteiger partial charge in [-0.05, 0) is 135 Å². The highest BCUT2D eigenvalue weighted by atomic mass is 31.2. The van der Waals surface area contributed by atoms with Gasteiger partial charge in [0.2, 0.25) is 0 Å². The number of aliphatic hydroxyl groups excluding tert-OH is 1. The van der Waals surface area contributed by atoms with Crippen molar-refractivity contribution in [2.75, 3.05) is 39.6 Å². The van der Waals surface area contributed by atoms with E-state index >= 15 is 0 Å². The summed E-state index contributed by atoms with van der Waals surface area (Å²) in [6.45, 7) is 4.59.